The molecule has 0 saturated carbocycles. The third kappa shape index (κ3) is 6.27. The Hall–Kier alpha value is -3.08. The average Bonchev–Trinajstić information content (AvgIpc) is 2.66. The fraction of sp³-hybridized carbons (Fsp3) is 0.304. The number of benzene rings is 2. The van der Waals surface area contributed by atoms with Crippen LogP contribution in [0.15, 0.2) is 60.3 Å². The Balaban J connectivity index is 2.22. The van der Waals surface area contributed by atoms with E-state index in [0.717, 1.165) is 16.8 Å². The predicted octanol–water partition coefficient (Wildman–Crippen LogP) is 3.57. The van der Waals surface area contributed by atoms with Crippen molar-refractivity contribution in [1.82, 2.24) is 10.6 Å². The van der Waals surface area contributed by atoms with Gasteiger partial charge in [0, 0.05) is 31.7 Å². The highest BCUT2D eigenvalue weighted by Crippen LogP contribution is 2.17. The molecule has 0 bridgehead atoms. The molecule has 0 atom stereocenters. The van der Waals surface area contributed by atoms with Crippen LogP contribution < -0.4 is 15.5 Å². The second-order valence-electron chi connectivity index (χ2n) is 7.92. The van der Waals surface area contributed by atoms with Crippen LogP contribution in [0.4, 0.5) is 5.69 Å². The Morgan fingerprint density at radius 2 is 1.57 bits per heavy atom. The molecule has 0 saturated heterocycles. The van der Waals surface area contributed by atoms with Gasteiger partial charge >= 0.3 is 0 Å². The minimum absolute atomic E-state index is 0.210. The van der Waals surface area contributed by atoms with Crippen LogP contribution >= 0.6 is 0 Å². The van der Waals surface area contributed by atoms with Crippen LogP contribution in [0.25, 0.3) is 6.08 Å². The number of anilines is 1. The molecular weight excluding hydrogens is 350 g/mol. The fourth-order valence-electron chi connectivity index (χ4n) is 2.38. The molecule has 0 aliphatic rings. The van der Waals surface area contributed by atoms with Crippen molar-refractivity contribution in [2.45, 2.75) is 27.3 Å². The number of amides is 2. The molecule has 0 spiro atoms. The van der Waals surface area contributed by atoms with E-state index in [1.807, 2.05) is 94.4 Å². The molecule has 0 fully saturated rings. The molecule has 0 aliphatic carbocycles. The maximum Gasteiger partial charge on any atom is 0.268 e. The summed E-state index contributed by atoms with van der Waals surface area (Å²) in [7, 11) is 3.94. The summed E-state index contributed by atoms with van der Waals surface area (Å²) in [6.07, 6.45) is 1.70. The molecule has 28 heavy (non-hydrogen) atoms. The maximum absolute atomic E-state index is 12.8. The molecule has 0 heterocycles. The van der Waals surface area contributed by atoms with Gasteiger partial charge in [0.2, 0.25) is 5.91 Å². The van der Waals surface area contributed by atoms with E-state index in [4.69, 9.17) is 0 Å². The highest BCUT2D eigenvalue weighted by molar-refractivity contribution is 6.02. The topological polar surface area (TPSA) is 61.4 Å². The predicted molar refractivity (Wildman–Crippen MR) is 115 cm³/mol. The van der Waals surface area contributed by atoms with Crippen LogP contribution in [0.5, 0.6) is 0 Å². The lowest BCUT2D eigenvalue weighted by molar-refractivity contribution is -0.129. The molecule has 0 aromatic heterocycles. The SMILES string of the molecule is CN(C)c1ccc(/C=C(\NC(=O)C(C)(C)C)C(=O)NCc2ccccc2)cc1. The summed E-state index contributed by atoms with van der Waals surface area (Å²) in [6, 6.07) is 17.4. The first kappa shape index (κ1) is 21.2. The fourth-order valence-corrected chi connectivity index (χ4v) is 2.38. The summed E-state index contributed by atoms with van der Waals surface area (Å²) in [6.45, 7) is 5.83. The van der Waals surface area contributed by atoms with Gasteiger partial charge in [-0.1, -0.05) is 63.2 Å². The summed E-state index contributed by atoms with van der Waals surface area (Å²) in [5, 5.41) is 5.65. The maximum atomic E-state index is 12.8. The van der Waals surface area contributed by atoms with E-state index < -0.39 is 5.41 Å². The molecule has 0 unspecified atom stereocenters. The average molecular weight is 380 g/mol. The molecule has 2 rings (SSSR count). The number of rotatable bonds is 6. The van der Waals surface area contributed by atoms with Gasteiger partial charge in [-0.05, 0) is 29.3 Å². The van der Waals surface area contributed by atoms with Gasteiger partial charge in [-0.3, -0.25) is 9.59 Å². The zero-order valence-corrected chi connectivity index (χ0v) is 17.2. The van der Waals surface area contributed by atoms with Gasteiger partial charge in [0.15, 0.2) is 0 Å². The molecule has 2 amide bonds. The lowest BCUT2D eigenvalue weighted by atomic mass is 9.95. The van der Waals surface area contributed by atoms with Gasteiger partial charge in [0.1, 0.15) is 5.70 Å². The van der Waals surface area contributed by atoms with Crippen molar-refractivity contribution in [1.29, 1.82) is 0 Å². The number of hydrogen-bond donors (Lipinski definition) is 2. The van der Waals surface area contributed by atoms with Crippen molar-refractivity contribution in [2.24, 2.45) is 5.41 Å². The highest BCUT2D eigenvalue weighted by atomic mass is 16.2. The van der Waals surface area contributed by atoms with Crippen molar-refractivity contribution in [3.63, 3.8) is 0 Å². The smallest absolute Gasteiger partial charge is 0.268 e. The van der Waals surface area contributed by atoms with E-state index >= 15 is 0 Å². The largest absolute Gasteiger partial charge is 0.378 e. The van der Waals surface area contributed by atoms with Crippen LogP contribution in [-0.2, 0) is 16.1 Å². The van der Waals surface area contributed by atoms with Crippen molar-refractivity contribution in [3.8, 4) is 0 Å². The molecule has 5 heteroatoms. The Morgan fingerprint density at radius 1 is 0.964 bits per heavy atom. The van der Waals surface area contributed by atoms with E-state index in [1.165, 1.54) is 0 Å². The lowest BCUT2D eigenvalue weighted by Gasteiger charge is -2.19. The molecule has 148 valence electrons. The van der Waals surface area contributed by atoms with Crippen molar-refractivity contribution in [2.75, 3.05) is 19.0 Å². The molecule has 2 aromatic carbocycles. The second kappa shape index (κ2) is 9.22. The Morgan fingerprint density at radius 3 is 2.11 bits per heavy atom. The first-order chi connectivity index (χ1) is 13.2. The molecule has 5 nitrogen and oxygen atoms in total. The quantitative estimate of drug-likeness (QED) is 0.754. The minimum atomic E-state index is -0.604. The van der Waals surface area contributed by atoms with Crippen molar-refractivity contribution in [3.05, 3.63) is 71.4 Å². The van der Waals surface area contributed by atoms with E-state index in [-0.39, 0.29) is 17.5 Å². The second-order valence-corrected chi connectivity index (χ2v) is 7.92. The van der Waals surface area contributed by atoms with Crippen molar-refractivity contribution >= 4 is 23.6 Å². The highest BCUT2D eigenvalue weighted by Gasteiger charge is 2.24. The first-order valence-corrected chi connectivity index (χ1v) is 9.29. The normalized spacial score (nSPS) is 11.7. The number of nitrogens with one attached hydrogen (secondary N) is 2. The number of nitrogens with zero attached hydrogens (tertiary/aromatic N) is 1. The van der Waals surface area contributed by atoms with Gasteiger partial charge in [0.05, 0.1) is 0 Å². The molecule has 2 aromatic rings. The van der Waals surface area contributed by atoms with Gasteiger partial charge in [-0.25, -0.2) is 0 Å². The Labute approximate surface area is 167 Å². The molecule has 0 radical (unpaired) electrons. The van der Waals surface area contributed by atoms with Crippen LogP contribution in [0.2, 0.25) is 0 Å². The summed E-state index contributed by atoms with van der Waals surface area (Å²) < 4.78 is 0. The minimum Gasteiger partial charge on any atom is -0.378 e. The molecular formula is C23H29N3O2. The zero-order valence-electron chi connectivity index (χ0n) is 17.2. The van der Waals surface area contributed by atoms with Gasteiger partial charge < -0.3 is 15.5 Å². The summed E-state index contributed by atoms with van der Waals surface area (Å²) >= 11 is 0. The zero-order chi connectivity index (χ0) is 20.7. The molecule has 0 aliphatic heterocycles. The Kier molecular flexibility index (Phi) is 6.99. The number of hydrogen-bond acceptors (Lipinski definition) is 3. The molecule has 2 N–H and O–H groups in total. The summed E-state index contributed by atoms with van der Waals surface area (Å²) in [5.41, 5.74) is 2.52. The Bertz CT molecular complexity index is 832. The van der Waals surface area contributed by atoms with Gasteiger partial charge in [-0.2, -0.15) is 0 Å². The van der Waals surface area contributed by atoms with Crippen LogP contribution in [0.1, 0.15) is 31.9 Å². The monoisotopic (exact) mass is 379 g/mol. The number of carbonyl (C=O) groups is 2. The standard InChI is InChI=1S/C23H29N3O2/c1-23(2,3)22(28)25-20(15-17-11-13-19(14-12-17)26(4)5)21(27)24-16-18-9-7-6-8-10-18/h6-15H,16H2,1-5H3,(H,24,27)(H,25,28)/b20-15-. The number of carbonyl (C=O) groups excluding carboxylic acids is 2. The van der Waals surface area contributed by atoms with E-state index in [1.54, 1.807) is 6.08 Å². The van der Waals surface area contributed by atoms with Gasteiger partial charge in [0.25, 0.3) is 5.91 Å². The van der Waals surface area contributed by atoms with E-state index in [0.29, 0.717) is 6.54 Å². The summed E-state index contributed by atoms with van der Waals surface area (Å²) in [5.74, 6) is -0.531. The van der Waals surface area contributed by atoms with E-state index in [2.05, 4.69) is 10.6 Å². The van der Waals surface area contributed by atoms with Gasteiger partial charge in [-0.15, -0.1) is 0 Å². The third-order valence-corrected chi connectivity index (χ3v) is 4.19. The van der Waals surface area contributed by atoms with E-state index in [9.17, 15) is 9.59 Å². The lowest BCUT2D eigenvalue weighted by Crippen LogP contribution is -2.39. The summed E-state index contributed by atoms with van der Waals surface area (Å²) in [4.78, 5) is 27.2. The first-order valence-electron chi connectivity index (χ1n) is 9.29. The van der Waals surface area contributed by atoms with Crippen LogP contribution in [0.3, 0.4) is 0 Å². The van der Waals surface area contributed by atoms with Crippen molar-refractivity contribution < 1.29 is 9.59 Å². The van der Waals surface area contributed by atoms with Crippen LogP contribution in [-0.4, -0.2) is 25.9 Å². The third-order valence-electron chi connectivity index (χ3n) is 4.19. The van der Waals surface area contributed by atoms with Crippen LogP contribution in [0, 0.1) is 5.41 Å².